The Hall–Kier alpha value is -2.06. The third kappa shape index (κ3) is 12.7. The van der Waals surface area contributed by atoms with Crippen molar-refractivity contribution < 1.29 is 51.6 Å². The van der Waals surface area contributed by atoms with E-state index in [0.717, 1.165) is 6.04 Å². The SMILES string of the molecule is CCOC(=O)C(C(=O)OCC)[C@H](CN)c1c(OCOCC[Si](C)(C)C)ccc(Cl)c1Cl.O=C(O)C(F)(F)F. The number of esters is 2. The van der Waals surface area contributed by atoms with Crippen molar-refractivity contribution in [1.29, 1.82) is 0 Å². The van der Waals surface area contributed by atoms with Crippen LogP contribution in [0.3, 0.4) is 0 Å². The standard InChI is InChI=1S/C21H33Cl2NO6Si.C2HF3O2/c1-6-28-20(25)18(21(26)29-7-2)14(12-24)17-16(9-8-15(22)19(17)23)30-13-27-10-11-31(3,4)5;3-2(4,5)1(6)7/h8-9,14,18H,6-7,10-13,24H2,1-5H3;(H,6,7)/t14-;/m1./s1. The summed E-state index contributed by atoms with van der Waals surface area (Å²) < 4.78 is 53.3. The van der Waals surface area contributed by atoms with Crippen molar-refractivity contribution in [3.8, 4) is 5.75 Å². The van der Waals surface area contributed by atoms with E-state index in [-0.39, 0.29) is 36.6 Å². The number of carbonyl (C=O) groups excluding carboxylic acids is 2. The molecule has 0 aliphatic heterocycles. The van der Waals surface area contributed by atoms with Gasteiger partial charge in [-0.3, -0.25) is 9.59 Å². The van der Waals surface area contributed by atoms with Crippen molar-refractivity contribution in [3.63, 3.8) is 0 Å². The van der Waals surface area contributed by atoms with Crippen LogP contribution in [0.2, 0.25) is 35.7 Å². The van der Waals surface area contributed by atoms with Crippen LogP contribution in [0, 0.1) is 5.92 Å². The van der Waals surface area contributed by atoms with Crippen LogP contribution in [0.25, 0.3) is 0 Å². The number of alkyl halides is 3. The Morgan fingerprint density at radius 3 is 1.95 bits per heavy atom. The molecule has 0 spiro atoms. The predicted molar refractivity (Wildman–Crippen MR) is 138 cm³/mol. The van der Waals surface area contributed by atoms with Crippen LogP contribution in [-0.4, -0.2) is 70.4 Å². The average molecular weight is 609 g/mol. The molecule has 0 aliphatic carbocycles. The molecule has 0 bridgehead atoms. The lowest BCUT2D eigenvalue weighted by Crippen LogP contribution is -2.37. The van der Waals surface area contributed by atoms with Crippen LogP contribution in [0.15, 0.2) is 12.1 Å². The summed E-state index contributed by atoms with van der Waals surface area (Å²) in [6, 6.07) is 4.17. The molecule has 218 valence electrons. The Balaban J connectivity index is 0.00000171. The minimum Gasteiger partial charge on any atom is -0.475 e. The van der Waals surface area contributed by atoms with Crippen molar-refractivity contribution >= 4 is 49.2 Å². The zero-order valence-corrected chi connectivity index (χ0v) is 24.3. The maximum absolute atomic E-state index is 12.6. The van der Waals surface area contributed by atoms with Gasteiger partial charge in [0.25, 0.3) is 0 Å². The van der Waals surface area contributed by atoms with Gasteiger partial charge in [0.1, 0.15) is 5.75 Å². The second-order valence-corrected chi connectivity index (χ2v) is 15.3. The highest BCUT2D eigenvalue weighted by molar-refractivity contribution is 6.76. The zero-order chi connectivity index (χ0) is 29.7. The first-order valence-corrected chi connectivity index (χ1v) is 16.0. The number of hydrogen-bond donors (Lipinski definition) is 2. The van der Waals surface area contributed by atoms with Crippen LogP contribution >= 0.6 is 23.2 Å². The van der Waals surface area contributed by atoms with Gasteiger partial charge in [-0.05, 0) is 32.0 Å². The van der Waals surface area contributed by atoms with Crippen molar-refractivity contribution in [2.24, 2.45) is 11.7 Å². The maximum atomic E-state index is 12.6. The largest absolute Gasteiger partial charge is 0.490 e. The summed E-state index contributed by atoms with van der Waals surface area (Å²) in [7, 11) is -1.23. The second-order valence-electron chi connectivity index (χ2n) is 8.88. The van der Waals surface area contributed by atoms with Crippen molar-refractivity contribution in [2.45, 2.75) is 51.6 Å². The van der Waals surface area contributed by atoms with Gasteiger partial charge >= 0.3 is 24.1 Å². The van der Waals surface area contributed by atoms with E-state index in [2.05, 4.69) is 19.6 Å². The van der Waals surface area contributed by atoms with E-state index in [1.807, 2.05) is 0 Å². The van der Waals surface area contributed by atoms with Gasteiger partial charge in [0, 0.05) is 32.7 Å². The van der Waals surface area contributed by atoms with Gasteiger partial charge < -0.3 is 29.8 Å². The van der Waals surface area contributed by atoms with Gasteiger partial charge in [0.15, 0.2) is 12.7 Å². The number of ether oxygens (including phenoxy) is 4. The first kappa shape index (κ1) is 35.9. The van der Waals surface area contributed by atoms with E-state index in [1.165, 1.54) is 0 Å². The molecular weight excluding hydrogens is 574 g/mol. The van der Waals surface area contributed by atoms with Crippen LogP contribution in [-0.2, 0) is 28.6 Å². The molecule has 0 heterocycles. The average Bonchev–Trinajstić information content (AvgIpc) is 2.79. The van der Waals surface area contributed by atoms with Gasteiger partial charge in [0.05, 0.1) is 23.3 Å². The molecule has 1 aromatic carbocycles. The Morgan fingerprint density at radius 2 is 1.55 bits per heavy atom. The zero-order valence-electron chi connectivity index (χ0n) is 21.8. The number of nitrogens with two attached hydrogens (primary N) is 1. The van der Waals surface area contributed by atoms with E-state index >= 15 is 0 Å². The first-order chi connectivity index (χ1) is 17.5. The Labute approximate surface area is 230 Å². The molecule has 0 aromatic heterocycles. The fourth-order valence-corrected chi connectivity index (χ4v) is 4.09. The van der Waals surface area contributed by atoms with Gasteiger partial charge in [-0.2, -0.15) is 13.2 Å². The Kier molecular flexibility index (Phi) is 15.9. The highest BCUT2D eigenvalue weighted by Crippen LogP contribution is 2.41. The Morgan fingerprint density at radius 1 is 1.05 bits per heavy atom. The summed E-state index contributed by atoms with van der Waals surface area (Å²) in [5.41, 5.74) is 6.33. The van der Waals surface area contributed by atoms with Crippen molar-refractivity contribution in [2.75, 3.05) is 33.2 Å². The monoisotopic (exact) mass is 607 g/mol. The first-order valence-electron chi connectivity index (χ1n) is 11.5. The quantitative estimate of drug-likeness (QED) is 0.103. The molecule has 0 amide bonds. The Bertz CT molecular complexity index is 911. The summed E-state index contributed by atoms with van der Waals surface area (Å²) in [6.07, 6.45) is -5.08. The maximum Gasteiger partial charge on any atom is 0.490 e. The number of carboxylic acid groups (broad SMARTS) is 1. The van der Waals surface area contributed by atoms with E-state index in [9.17, 15) is 22.8 Å². The third-order valence-electron chi connectivity index (χ3n) is 4.74. The fraction of sp³-hybridized carbons (Fsp3) is 0.609. The fourth-order valence-electron chi connectivity index (χ4n) is 2.87. The number of carboxylic acids is 1. The molecule has 3 N–H and O–H groups in total. The number of rotatable bonds is 13. The number of carbonyl (C=O) groups is 3. The highest BCUT2D eigenvalue weighted by atomic mass is 35.5. The van der Waals surface area contributed by atoms with E-state index in [1.54, 1.807) is 26.0 Å². The predicted octanol–water partition coefficient (Wildman–Crippen LogP) is 5.10. The molecule has 0 saturated carbocycles. The molecular formula is C23H34Cl2F3NO8Si. The van der Waals surface area contributed by atoms with Gasteiger partial charge in [-0.25, -0.2) is 4.79 Å². The van der Waals surface area contributed by atoms with Crippen molar-refractivity contribution in [1.82, 2.24) is 0 Å². The normalized spacial score (nSPS) is 12.3. The minimum absolute atomic E-state index is 0.0176. The van der Waals surface area contributed by atoms with Crippen LogP contribution in [0.5, 0.6) is 5.75 Å². The van der Waals surface area contributed by atoms with E-state index in [0.29, 0.717) is 17.9 Å². The summed E-state index contributed by atoms with van der Waals surface area (Å²) >= 11 is 12.7. The molecule has 15 heteroatoms. The number of benzene rings is 1. The lowest BCUT2D eigenvalue weighted by atomic mass is 9.85. The molecule has 0 unspecified atom stereocenters. The van der Waals surface area contributed by atoms with Gasteiger partial charge in [-0.1, -0.05) is 42.8 Å². The van der Waals surface area contributed by atoms with Gasteiger partial charge in [0.2, 0.25) is 0 Å². The molecule has 0 radical (unpaired) electrons. The van der Waals surface area contributed by atoms with Crippen LogP contribution in [0.4, 0.5) is 13.2 Å². The number of halogens is 5. The molecule has 0 fully saturated rings. The molecule has 1 rings (SSSR count). The summed E-state index contributed by atoms with van der Waals surface area (Å²) in [5.74, 6) is -6.09. The number of hydrogen-bond acceptors (Lipinski definition) is 8. The van der Waals surface area contributed by atoms with Gasteiger partial charge in [-0.15, -0.1) is 0 Å². The van der Waals surface area contributed by atoms with E-state index in [4.69, 9.17) is 57.8 Å². The second kappa shape index (κ2) is 16.8. The van der Waals surface area contributed by atoms with Crippen LogP contribution in [0.1, 0.15) is 25.3 Å². The van der Waals surface area contributed by atoms with Crippen molar-refractivity contribution in [3.05, 3.63) is 27.7 Å². The molecule has 38 heavy (non-hydrogen) atoms. The molecule has 0 saturated heterocycles. The van der Waals surface area contributed by atoms with E-state index < -0.39 is 44.0 Å². The topological polar surface area (TPSA) is 134 Å². The highest BCUT2D eigenvalue weighted by Gasteiger charge is 2.40. The lowest BCUT2D eigenvalue weighted by Gasteiger charge is -2.26. The molecule has 9 nitrogen and oxygen atoms in total. The third-order valence-corrected chi connectivity index (χ3v) is 7.26. The summed E-state index contributed by atoms with van der Waals surface area (Å²) in [5, 5.41) is 7.52. The number of aliphatic carboxylic acids is 1. The minimum atomic E-state index is -5.08. The molecule has 1 atom stereocenters. The lowest BCUT2D eigenvalue weighted by molar-refractivity contribution is -0.192. The van der Waals surface area contributed by atoms with Crippen LogP contribution < -0.4 is 10.5 Å². The smallest absolute Gasteiger partial charge is 0.475 e. The summed E-state index contributed by atoms with van der Waals surface area (Å²) in [6.45, 7) is 10.7. The molecule has 0 aliphatic rings. The molecule has 1 aromatic rings. The summed E-state index contributed by atoms with van der Waals surface area (Å²) in [4.78, 5) is 34.1.